The van der Waals surface area contributed by atoms with Gasteiger partial charge in [0.15, 0.2) is 5.78 Å². The lowest BCUT2D eigenvalue weighted by Crippen LogP contribution is -2.22. The molecule has 1 N–H and O–H groups in total. The number of fused-ring (bicyclic) bond motifs is 2. The van der Waals surface area contributed by atoms with Crippen molar-refractivity contribution >= 4 is 22.4 Å². The number of carbonyl (C=O) groups excluding carboxylic acids is 1. The number of rotatable bonds is 7. The van der Waals surface area contributed by atoms with Crippen molar-refractivity contribution < 1.29 is 4.79 Å². The molecular formula is C21H26N6O. The van der Waals surface area contributed by atoms with E-state index in [1.165, 1.54) is 0 Å². The van der Waals surface area contributed by atoms with Crippen LogP contribution in [0.4, 0.5) is 5.69 Å². The van der Waals surface area contributed by atoms with Gasteiger partial charge in [0.2, 0.25) is 0 Å². The molecule has 0 saturated carbocycles. The normalized spacial score (nSPS) is 12.9. The van der Waals surface area contributed by atoms with Crippen molar-refractivity contribution in [2.45, 2.75) is 6.54 Å². The standard InChI is InChI=1S/C21H26N6O/c1-25(2)11-10-22-15-7-8-16-18-17(15)21(28)14-6-5-9-23-19(14)20(18)24-27(16)13-12-26(3)4/h5-9,22H,10-13H2,1-4H3. The second-order valence-corrected chi connectivity index (χ2v) is 7.72. The van der Waals surface area contributed by atoms with Gasteiger partial charge in [0.05, 0.1) is 23.2 Å². The zero-order chi connectivity index (χ0) is 19.8. The van der Waals surface area contributed by atoms with Gasteiger partial charge in [-0.2, -0.15) is 5.10 Å². The third-order valence-corrected chi connectivity index (χ3v) is 5.06. The molecule has 7 nitrogen and oxygen atoms in total. The molecule has 0 spiro atoms. The van der Waals surface area contributed by atoms with Crippen LogP contribution in [0, 0.1) is 0 Å². The van der Waals surface area contributed by atoms with Crippen LogP contribution in [0.3, 0.4) is 0 Å². The summed E-state index contributed by atoms with van der Waals surface area (Å²) in [7, 11) is 8.16. The first-order valence-corrected chi connectivity index (χ1v) is 9.54. The summed E-state index contributed by atoms with van der Waals surface area (Å²) in [5.41, 5.74) is 4.66. The molecule has 1 aliphatic carbocycles. The fraction of sp³-hybridized carbons (Fsp3) is 0.381. The maximum Gasteiger partial charge on any atom is 0.198 e. The van der Waals surface area contributed by atoms with Crippen LogP contribution in [-0.4, -0.2) is 78.2 Å². The van der Waals surface area contributed by atoms with Crippen LogP contribution >= 0.6 is 0 Å². The van der Waals surface area contributed by atoms with Crippen molar-refractivity contribution in [3.63, 3.8) is 0 Å². The smallest absolute Gasteiger partial charge is 0.198 e. The summed E-state index contributed by atoms with van der Waals surface area (Å²) < 4.78 is 1.99. The van der Waals surface area contributed by atoms with E-state index in [0.717, 1.165) is 48.5 Å². The lowest BCUT2D eigenvalue weighted by Gasteiger charge is -2.19. The highest BCUT2D eigenvalue weighted by Crippen LogP contribution is 2.40. The van der Waals surface area contributed by atoms with E-state index < -0.39 is 0 Å². The first kappa shape index (κ1) is 18.6. The minimum atomic E-state index is 0.0145. The fourth-order valence-electron chi connectivity index (χ4n) is 3.61. The highest BCUT2D eigenvalue weighted by molar-refractivity contribution is 6.27. The predicted molar refractivity (Wildman–Crippen MR) is 112 cm³/mol. The summed E-state index contributed by atoms with van der Waals surface area (Å²) in [6, 6.07) is 7.72. The van der Waals surface area contributed by atoms with Crippen LogP contribution in [0.25, 0.3) is 22.3 Å². The Balaban J connectivity index is 1.87. The summed E-state index contributed by atoms with van der Waals surface area (Å²) in [6.07, 6.45) is 1.72. The van der Waals surface area contributed by atoms with Crippen LogP contribution in [0.5, 0.6) is 0 Å². The molecule has 0 saturated heterocycles. The lowest BCUT2D eigenvalue weighted by molar-refractivity contribution is 0.104. The minimum absolute atomic E-state index is 0.0145. The van der Waals surface area contributed by atoms with Gasteiger partial charge in [0.25, 0.3) is 0 Å². The van der Waals surface area contributed by atoms with Gasteiger partial charge in [-0.25, -0.2) is 0 Å². The van der Waals surface area contributed by atoms with E-state index >= 15 is 0 Å². The Morgan fingerprint density at radius 2 is 1.82 bits per heavy atom. The average Bonchev–Trinajstić information content (AvgIpc) is 3.04. The molecule has 0 amide bonds. The molecule has 0 fully saturated rings. The number of benzene rings is 1. The van der Waals surface area contributed by atoms with Gasteiger partial charge in [-0.05, 0) is 52.5 Å². The van der Waals surface area contributed by atoms with Crippen molar-refractivity contribution in [2.75, 3.05) is 53.1 Å². The van der Waals surface area contributed by atoms with E-state index in [1.54, 1.807) is 6.20 Å². The summed E-state index contributed by atoms with van der Waals surface area (Å²) in [4.78, 5) is 22.1. The van der Waals surface area contributed by atoms with Gasteiger partial charge in [0.1, 0.15) is 11.4 Å². The molecule has 2 aromatic heterocycles. The van der Waals surface area contributed by atoms with Gasteiger partial charge in [-0.1, -0.05) is 0 Å². The monoisotopic (exact) mass is 378 g/mol. The molecule has 0 radical (unpaired) electrons. The average molecular weight is 378 g/mol. The molecule has 2 heterocycles. The maximum absolute atomic E-state index is 13.4. The number of ketones is 1. The molecular weight excluding hydrogens is 352 g/mol. The third-order valence-electron chi connectivity index (χ3n) is 5.06. The molecule has 0 aliphatic heterocycles. The molecule has 0 atom stereocenters. The molecule has 4 rings (SSSR count). The van der Waals surface area contributed by atoms with E-state index in [4.69, 9.17) is 5.10 Å². The van der Waals surface area contributed by atoms with Crippen molar-refractivity contribution in [3.8, 4) is 11.4 Å². The van der Waals surface area contributed by atoms with Crippen LogP contribution in [-0.2, 0) is 6.54 Å². The Bertz CT molecular complexity index is 1040. The van der Waals surface area contributed by atoms with Gasteiger partial charge in [-0.3, -0.25) is 14.5 Å². The second kappa shape index (κ2) is 7.33. The topological polar surface area (TPSA) is 66.3 Å². The lowest BCUT2D eigenvalue weighted by atomic mass is 9.89. The molecule has 28 heavy (non-hydrogen) atoms. The summed E-state index contributed by atoms with van der Waals surface area (Å²) in [5, 5.41) is 9.21. The van der Waals surface area contributed by atoms with E-state index in [0.29, 0.717) is 16.8 Å². The van der Waals surface area contributed by atoms with Gasteiger partial charge < -0.3 is 15.1 Å². The molecule has 1 aromatic carbocycles. The molecule has 7 heteroatoms. The zero-order valence-electron chi connectivity index (χ0n) is 16.9. The third kappa shape index (κ3) is 3.16. The Labute approximate surface area is 165 Å². The van der Waals surface area contributed by atoms with Crippen LogP contribution in [0.15, 0.2) is 30.5 Å². The number of nitrogens with zero attached hydrogens (tertiary/aromatic N) is 5. The number of hydrogen-bond acceptors (Lipinski definition) is 6. The molecule has 1 aliphatic rings. The number of nitrogens with one attached hydrogen (secondary N) is 1. The van der Waals surface area contributed by atoms with Crippen molar-refractivity contribution in [2.24, 2.45) is 0 Å². The Morgan fingerprint density at radius 1 is 1.04 bits per heavy atom. The van der Waals surface area contributed by atoms with Crippen molar-refractivity contribution in [3.05, 3.63) is 41.6 Å². The van der Waals surface area contributed by atoms with Gasteiger partial charge in [-0.15, -0.1) is 0 Å². The first-order chi connectivity index (χ1) is 13.5. The van der Waals surface area contributed by atoms with Crippen LogP contribution in [0.2, 0.25) is 0 Å². The SMILES string of the molecule is CN(C)CCNc1ccc2c3c(nn2CCN(C)C)-c2ncccc2C(=O)c13. The number of carbonyl (C=O) groups is 1. The first-order valence-electron chi connectivity index (χ1n) is 9.54. The number of anilines is 1. The van der Waals surface area contributed by atoms with Crippen LogP contribution in [0.1, 0.15) is 15.9 Å². The quantitative estimate of drug-likeness (QED) is 0.532. The molecule has 0 unspecified atom stereocenters. The zero-order valence-corrected chi connectivity index (χ0v) is 16.9. The highest BCUT2D eigenvalue weighted by atomic mass is 16.1. The number of aromatic nitrogens is 3. The number of pyridine rings is 1. The number of hydrogen-bond donors (Lipinski definition) is 1. The van der Waals surface area contributed by atoms with E-state index in [1.807, 2.05) is 51.1 Å². The minimum Gasteiger partial charge on any atom is -0.383 e. The maximum atomic E-state index is 13.4. The molecule has 3 aromatic rings. The second-order valence-electron chi connectivity index (χ2n) is 7.72. The van der Waals surface area contributed by atoms with Crippen molar-refractivity contribution in [1.82, 2.24) is 24.6 Å². The summed E-state index contributed by atoms with van der Waals surface area (Å²) in [6.45, 7) is 3.28. The van der Waals surface area contributed by atoms with Gasteiger partial charge in [0, 0.05) is 36.9 Å². The Morgan fingerprint density at radius 3 is 2.57 bits per heavy atom. The molecule has 0 bridgehead atoms. The Hall–Kier alpha value is -2.77. The predicted octanol–water partition coefficient (Wildman–Crippen LogP) is 2.18. The van der Waals surface area contributed by atoms with E-state index in [-0.39, 0.29) is 5.78 Å². The van der Waals surface area contributed by atoms with E-state index in [2.05, 4.69) is 26.2 Å². The van der Waals surface area contributed by atoms with Gasteiger partial charge >= 0.3 is 0 Å². The summed E-state index contributed by atoms with van der Waals surface area (Å²) in [5.74, 6) is 0.0145. The van der Waals surface area contributed by atoms with Crippen LogP contribution < -0.4 is 5.32 Å². The molecule has 146 valence electrons. The Kier molecular flexibility index (Phi) is 4.87. The highest BCUT2D eigenvalue weighted by Gasteiger charge is 2.31. The van der Waals surface area contributed by atoms with E-state index in [9.17, 15) is 4.79 Å². The summed E-state index contributed by atoms with van der Waals surface area (Å²) >= 11 is 0. The fourth-order valence-corrected chi connectivity index (χ4v) is 3.61. The largest absolute Gasteiger partial charge is 0.383 e. The number of likely N-dealkylation sites (N-methyl/N-ethyl adjacent to an activating group) is 2. The van der Waals surface area contributed by atoms with Crippen molar-refractivity contribution in [1.29, 1.82) is 0 Å².